The Morgan fingerprint density at radius 2 is 1.71 bits per heavy atom. The number of aliphatic hydroxyl groups is 2. The predicted octanol–water partition coefficient (Wildman–Crippen LogP) is 2.37. The van der Waals surface area contributed by atoms with Gasteiger partial charge in [-0.1, -0.05) is 11.6 Å². The average Bonchev–Trinajstić information content (AvgIpc) is 3.37. The Balaban J connectivity index is 1.76. The van der Waals surface area contributed by atoms with Gasteiger partial charge < -0.3 is 10.2 Å². The first-order valence-electron chi connectivity index (χ1n) is 10.3. The van der Waals surface area contributed by atoms with E-state index in [-0.39, 0.29) is 24.0 Å². The summed E-state index contributed by atoms with van der Waals surface area (Å²) in [4.78, 5) is 21.2. The maximum absolute atomic E-state index is 13.0. The van der Waals surface area contributed by atoms with E-state index in [0.717, 1.165) is 9.25 Å². The van der Waals surface area contributed by atoms with Crippen LogP contribution in [-0.4, -0.2) is 56.6 Å². The molecule has 0 aliphatic carbocycles. The van der Waals surface area contributed by atoms with Gasteiger partial charge in [0.15, 0.2) is 23.6 Å². The smallest absolute Gasteiger partial charge is 0.385 e. The van der Waals surface area contributed by atoms with Crippen molar-refractivity contribution in [1.82, 2.24) is 34.1 Å². The highest BCUT2D eigenvalue weighted by molar-refractivity contribution is 6.30. The molecule has 3 aromatic heterocycles. The fourth-order valence-electron chi connectivity index (χ4n) is 3.31. The number of pyridine rings is 1. The fraction of sp³-hybridized carbons (Fsp3) is 0.286. The second kappa shape index (κ2) is 9.60. The van der Waals surface area contributed by atoms with E-state index in [1.165, 1.54) is 48.3 Å². The van der Waals surface area contributed by atoms with E-state index in [0.29, 0.717) is 16.3 Å². The Bertz CT molecular complexity index is 1370. The second-order valence-electron chi connectivity index (χ2n) is 7.62. The summed E-state index contributed by atoms with van der Waals surface area (Å²) in [6, 6.07) is 9.26. The minimum Gasteiger partial charge on any atom is -0.385 e. The van der Waals surface area contributed by atoms with Gasteiger partial charge in [-0.3, -0.25) is 9.55 Å². The van der Waals surface area contributed by atoms with Gasteiger partial charge in [-0.25, -0.2) is 19.1 Å². The van der Waals surface area contributed by atoms with E-state index in [1.807, 2.05) is 0 Å². The molecule has 10 nitrogen and oxygen atoms in total. The number of alkyl halides is 3. The third kappa shape index (κ3) is 5.26. The van der Waals surface area contributed by atoms with Gasteiger partial charge in [-0.15, -0.1) is 10.2 Å². The molecule has 35 heavy (non-hydrogen) atoms. The monoisotopic (exact) mass is 509 g/mol. The molecule has 2 atom stereocenters. The van der Waals surface area contributed by atoms with Gasteiger partial charge >= 0.3 is 11.9 Å². The van der Waals surface area contributed by atoms with E-state index in [4.69, 9.17) is 11.6 Å². The maximum atomic E-state index is 13.0. The van der Waals surface area contributed by atoms with Crippen LogP contribution >= 0.6 is 11.6 Å². The third-order valence-corrected chi connectivity index (χ3v) is 5.26. The quantitative estimate of drug-likeness (QED) is 0.392. The number of aromatic nitrogens is 7. The first-order chi connectivity index (χ1) is 16.5. The van der Waals surface area contributed by atoms with Crippen LogP contribution in [0.25, 0.3) is 17.1 Å². The Hall–Kier alpha value is -3.55. The van der Waals surface area contributed by atoms with E-state index in [9.17, 15) is 28.2 Å². The van der Waals surface area contributed by atoms with Crippen molar-refractivity contribution in [1.29, 1.82) is 0 Å². The molecule has 0 bridgehead atoms. The minimum atomic E-state index is -4.93. The number of hydrogen-bond donors (Lipinski definition) is 2. The van der Waals surface area contributed by atoms with Crippen molar-refractivity contribution < 1.29 is 23.4 Å². The number of nitrogens with zero attached hydrogens (tertiary/aromatic N) is 7. The Morgan fingerprint density at radius 1 is 1.06 bits per heavy atom. The van der Waals surface area contributed by atoms with Gasteiger partial charge in [-0.05, 0) is 43.3 Å². The van der Waals surface area contributed by atoms with Crippen LogP contribution in [-0.2, 0) is 13.1 Å². The Labute approximate surface area is 200 Å². The van der Waals surface area contributed by atoms with E-state index in [2.05, 4.69) is 20.2 Å². The summed E-state index contributed by atoms with van der Waals surface area (Å²) in [7, 11) is 0. The Kier molecular flexibility index (Phi) is 6.74. The van der Waals surface area contributed by atoms with Gasteiger partial charge in [0.2, 0.25) is 0 Å². The van der Waals surface area contributed by atoms with Crippen LogP contribution in [0.5, 0.6) is 0 Å². The molecule has 3 heterocycles. The molecule has 4 rings (SSSR count). The molecule has 4 aromatic rings. The van der Waals surface area contributed by atoms with E-state index >= 15 is 0 Å². The largest absolute Gasteiger partial charge is 0.416 e. The molecule has 0 saturated carbocycles. The summed E-state index contributed by atoms with van der Waals surface area (Å²) in [5.41, 5.74) is -0.0284. The van der Waals surface area contributed by atoms with Crippen molar-refractivity contribution in [3.8, 4) is 17.1 Å². The summed E-state index contributed by atoms with van der Waals surface area (Å²) in [6.45, 7) is 0.133. The summed E-state index contributed by atoms with van der Waals surface area (Å²) < 4.78 is 42.1. The van der Waals surface area contributed by atoms with Crippen LogP contribution < -0.4 is 5.69 Å². The molecule has 184 valence electrons. The normalized spacial score (nSPS) is 13.7. The Morgan fingerprint density at radius 3 is 2.31 bits per heavy atom. The maximum Gasteiger partial charge on any atom is 0.416 e. The zero-order valence-electron chi connectivity index (χ0n) is 18.1. The lowest BCUT2D eigenvalue weighted by molar-refractivity contribution is -0.207. The van der Waals surface area contributed by atoms with Crippen LogP contribution in [0.15, 0.2) is 53.6 Å². The van der Waals surface area contributed by atoms with Crippen molar-refractivity contribution in [3.05, 3.63) is 75.9 Å². The zero-order valence-corrected chi connectivity index (χ0v) is 18.9. The molecular formula is C21H19ClF3N7O3. The summed E-state index contributed by atoms with van der Waals surface area (Å²) in [5.74, 6) is 0.173. The lowest BCUT2D eigenvalue weighted by atomic mass is 10.2. The van der Waals surface area contributed by atoms with E-state index < -0.39 is 30.6 Å². The van der Waals surface area contributed by atoms with Crippen LogP contribution in [0.2, 0.25) is 5.02 Å². The van der Waals surface area contributed by atoms with Gasteiger partial charge in [0, 0.05) is 23.0 Å². The van der Waals surface area contributed by atoms with Gasteiger partial charge in [0.25, 0.3) is 0 Å². The van der Waals surface area contributed by atoms with Crippen LogP contribution in [0, 0.1) is 0 Å². The first kappa shape index (κ1) is 24.6. The minimum absolute atomic E-state index is 0.0866. The van der Waals surface area contributed by atoms with E-state index in [1.54, 1.807) is 12.1 Å². The van der Waals surface area contributed by atoms with Crippen molar-refractivity contribution in [2.75, 3.05) is 0 Å². The van der Waals surface area contributed by atoms with Crippen LogP contribution in [0.4, 0.5) is 13.2 Å². The number of rotatable bonds is 7. The summed E-state index contributed by atoms with van der Waals surface area (Å²) in [6.07, 6.45) is -5.67. The van der Waals surface area contributed by atoms with Gasteiger partial charge in [0.05, 0.1) is 12.2 Å². The summed E-state index contributed by atoms with van der Waals surface area (Å²) in [5, 5.41) is 28.6. The van der Waals surface area contributed by atoms with Crippen molar-refractivity contribution >= 4 is 11.6 Å². The number of benzene rings is 1. The van der Waals surface area contributed by atoms with Gasteiger partial charge in [-0.2, -0.15) is 13.2 Å². The SMILES string of the molecule is C[C@H](O)c1nc(Cn2nc(-c3ccc(Cl)cc3)n(C[C@H](O)C(F)(F)F)c2=O)nn1-c1ccncc1. The molecular weight excluding hydrogens is 491 g/mol. The van der Waals surface area contributed by atoms with Crippen LogP contribution in [0.3, 0.4) is 0 Å². The molecule has 0 radical (unpaired) electrons. The average molecular weight is 510 g/mol. The molecule has 0 amide bonds. The number of aliphatic hydroxyl groups excluding tert-OH is 2. The van der Waals surface area contributed by atoms with Gasteiger partial charge in [0.1, 0.15) is 12.6 Å². The number of halogens is 4. The predicted molar refractivity (Wildman–Crippen MR) is 118 cm³/mol. The van der Waals surface area contributed by atoms with Crippen LogP contribution in [0.1, 0.15) is 24.7 Å². The standard InChI is InChI=1S/C21H19ClF3N7O3/c1-12(33)18-27-17(28-32(18)15-6-8-26-9-7-15)11-31-20(35)30(10-16(34)21(23,24)25)19(29-31)13-2-4-14(22)5-3-13/h2-9,12,16,33-34H,10-11H2,1H3/t12-,16-/m0/s1. The molecule has 0 aliphatic rings. The molecule has 14 heteroatoms. The fourth-order valence-corrected chi connectivity index (χ4v) is 3.44. The molecule has 0 spiro atoms. The topological polar surface area (TPSA) is 124 Å². The lowest BCUT2D eigenvalue weighted by Crippen LogP contribution is -2.37. The summed E-state index contributed by atoms with van der Waals surface area (Å²) >= 11 is 5.89. The highest BCUT2D eigenvalue weighted by atomic mass is 35.5. The molecule has 2 N–H and O–H groups in total. The molecule has 0 aliphatic heterocycles. The molecule has 0 unspecified atom stereocenters. The van der Waals surface area contributed by atoms with Crippen molar-refractivity contribution in [2.24, 2.45) is 0 Å². The zero-order chi connectivity index (χ0) is 25.3. The molecule has 1 aromatic carbocycles. The highest BCUT2D eigenvalue weighted by Gasteiger charge is 2.39. The lowest BCUT2D eigenvalue weighted by Gasteiger charge is -2.15. The highest BCUT2D eigenvalue weighted by Crippen LogP contribution is 2.24. The number of hydrogen-bond acceptors (Lipinski definition) is 7. The van der Waals surface area contributed by atoms with Crippen molar-refractivity contribution in [2.45, 2.75) is 38.4 Å². The third-order valence-electron chi connectivity index (χ3n) is 5.01. The van der Waals surface area contributed by atoms with Crippen molar-refractivity contribution in [3.63, 3.8) is 0 Å². The molecule has 0 fully saturated rings. The molecule has 0 saturated heterocycles. The second-order valence-corrected chi connectivity index (χ2v) is 8.05. The first-order valence-corrected chi connectivity index (χ1v) is 10.6.